The fourth-order valence-corrected chi connectivity index (χ4v) is 0.171. The second-order valence-corrected chi connectivity index (χ2v) is 0.927. The molecular weight excluding hydrogens is 193 g/mol. The largest absolute Gasteiger partial charge is 0.428 e. The van der Waals surface area contributed by atoms with E-state index in [1.54, 1.807) is 13.5 Å². The molecule has 0 aliphatic heterocycles. The van der Waals surface area contributed by atoms with Crippen molar-refractivity contribution >= 4 is 0 Å². The Morgan fingerprint density at radius 2 is 1.89 bits per heavy atom. The summed E-state index contributed by atoms with van der Waals surface area (Å²) in [5, 5.41) is 8.06. The van der Waals surface area contributed by atoms with Crippen LogP contribution >= 0.6 is 0 Å². The van der Waals surface area contributed by atoms with Gasteiger partial charge in [0, 0.05) is 39.8 Å². The molecule has 0 aromatic rings. The zero-order valence-corrected chi connectivity index (χ0v) is 7.26. The van der Waals surface area contributed by atoms with Crippen LogP contribution in [0, 0.1) is 6.42 Å². The Balaban J connectivity index is -0.0000000417. The average Bonchev–Trinajstić information content (AvgIpc) is 1.61. The van der Waals surface area contributed by atoms with Gasteiger partial charge in [-0.3, -0.25) is 6.42 Å². The fraction of sp³-hybridized carbons (Fsp3) is 0.833. The van der Waals surface area contributed by atoms with E-state index in [-0.39, 0.29) is 54.2 Å². The Kier molecular flexibility index (Phi) is 57.5. The summed E-state index contributed by atoms with van der Waals surface area (Å²) in [4.78, 5) is 0. The molecule has 0 fully saturated rings. The van der Waals surface area contributed by atoms with Crippen molar-refractivity contribution in [3.63, 3.8) is 0 Å². The molecule has 0 saturated carbocycles. The van der Waals surface area contributed by atoms with Gasteiger partial charge in [0.2, 0.25) is 0 Å². The van der Waals surface area contributed by atoms with Crippen LogP contribution < -0.4 is 0 Å². The SMILES string of the molecule is C.C.COC[CH-]CO.[Y]. The molecule has 57 valence electrons. The molecule has 0 saturated heterocycles. The number of aliphatic hydroxyl groups excluding tert-OH is 1. The third-order valence-electron chi connectivity index (χ3n) is 0.414. The van der Waals surface area contributed by atoms with Crippen molar-refractivity contribution in [1.82, 2.24) is 0 Å². The van der Waals surface area contributed by atoms with Gasteiger partial charge in [0.05, 0.1) is 0 Å². The summed E-state index contributed by atoms with van der Waals surface area (Å²) in [6, 6.07) is 0. The maximum Gasteiger partial charge on any atom is 0.0319 e. The molecule has 0 spiro atoms. The van der Waals surface area contributed by atoms with E-state index in [0.717, 1.165) is 0 Å². The van der Waals surface area contributed by atoms with Crippen LogP contribution in [0.15, 0.2) is 0 Å². The van der Waals surface area contributed by atoms with Crippen LogP contribution in [0.3, 0.4) is 0 Å². The van der Waals surface area contributed by atoms with Crippen molar-refractivity contribution in [3.05, 3.63) is 6.42 Å². The standard InChI is InChI=1S/C4H9O2.2CH4.Y/c1-6-4-2-3-5;;;/h2,5H,3-4H2,1H3;2*1H4;/q-1;;;. The summed E-state index contributed by atoms with van der Waals surface area (Å²) in [5.74, 6) is 0. The Morgan fingerprint density at radius 3 is 2.00 bits per heavy atom. The van der Waals surface area contributed by atoms with Crippen LogP contribution in [0.25, 0.3) is 0 Å². The van der Waals surface area contributed by atoms with Crippen LogP contribution in [0.2, 0.25) is 0 Å². The van der Waals surface area contributed by atoms with Gasteiger partial charge in [-0.15, -0.1) is 0 Å². The molecule has 0 unspecified atom stereocenters. The van der Waals surface area contributed by atoms with Gasteiger partial charge in [-0.1, -0.05) is 28.1 Å². The van der Waals surface area contributed by atoms with Gasteiger partial charge in [0.15, 0.2) is 0 Å². The number of ether oxygens (including phenoxy) is 1. The summed E-state index contributed by atoms with van der Waals surface area (Å²) in [6.07, 6.45) is 1.64. The summed E-state index contributed by atoms with van der Waals surface area (Å²) in [7, 11) is 1.59. The van der Waals surface area contributed by atoms with Crippen LogP contribution in [0.5, 0.6) is 0 Å². The van der Waals surface area contributed by atoms with Crippen molar-refractivity contribution in [2.45, 2.75) is 14.9 Å². The Morgan fingerprint density at radius 1 is 1.44 bits per heavy atom. The molecule has 0 aliphatic rings. The van der Waals surface area contributed by atoms with Gasteiger partial charge in [0.25, 0.3) is 0 Å². The smallest absolute Gasteiger partial charge is 0.0319 e. The molecule has 0 heterocycles. The molecule has 0 atom stereocenters. The van der Waals surface area contributed by atoms with E-state index in [9.17, 15) is 0 Å². The third-order valence-corrected chi connectivity index (χ3v) is 0.414. The molecule has 0 aromatic carbocycles. The summed E-state index contributed by atoms with van der Waals surface area (Å²) in [5.41, 5.74) is 0. The minimum absolute atomic E-state index is 0. The number of hydrogen-bond acceptors (Lipinski definition) is 2. The van der Waals surface area contributed by atoms with Gasteiger partial charge in [-0.05, 0) is 0 Å². The molecule has 0 rings (SSSR count). The second kappa shape index (κ2) is 23.0. The summed E-state index contributed by atoms with van der Waals surface area (Å²) >= 11 is 0. The first-order valence-electron chi connectivity index (χ1n) is 1.83. The zero-order valence-electron chi connectivity index (χ0n) is 4.42. The molecule has 3 heteroatoms. The number of methoxy groups -OCH3 is 1. The predicted molar refractivity (Wildman–Crippen MR) is 36.7 cm³/mol. The Bertz CT molecular complexity index is 23.0. The van der Waals surface area contributed by atoms with Gasteiger partial charge < -0.3 is 9.84 Å². The van der Waals surface area contributed by atoms with Crippen molar-refractivity contribution < 1.29 is 42.6 Å². The number of rotatable bonds is 3. The maximum absolute atomic E-state index is 8.06. The minimum Gasteiger partial charge on any atom is -0.428 e. The predicted octanol–water partition coefficient (Wildman–Crippen LogP) is 1.10. The van der Waals surface area contributed by atoms with E-state index in [1.165, 1.54) is 0 Å². The molecule has 0 amide bonds. The molecule has 0 bridgehead atoms. The quantitative estimate of drug-likeness (QED) is 0.558. The van der Waals surface area contributed by atoms with Crippen LogP contribution in [-0.2, 0) is 37.4 Å². The van der Waals surface area contributed by atoms with Crippen LogP contribution in [-0.4, -0.2) is 25.4 Å². The van der Waals surface area contributed by atoms with E-state index >= 15 is 0 Å². The van der Waals surface area contributed by atoms with Crippen molar-refractivity contribution in [3.8, 4) is 0 Å². The molecule has 2 nitrogen and oxygen atoms in total. The first-order chi connectivity index (χ1) is 2.91. The van der Waals surface area contributed by atoms with Gasteiger partial charge >= 0.3 is 0 Å². The van der Waals surface area contributed by atoms with Crippen LogP contribution in [0.4, 0.5) is 0 Å². The average molecular weight is 210 g/mol. The Hall–Kier alpha value is 1.02. The first kappa shape index (κ1) is 22.5. The van der Waals surface area contributed by atoms with Crippen LogP contribution in [0.1, 0.15) is 14.9 Å². The Labute approximate surface area is 83.9 Å². The minimum atomic E-state index is 0. The molecule has 0 aliphatic carbocycles. The number of aliphatic hydroxyl groups is 1. The molecule has 0 aromatic heterocycles. The summed E-state index contributed by atoms with van der Waals surface area (Å²) in [6.45, 7) is 0.643. The summed E-state index contributed by atoms with van der Waals surface area (Å²) < 4.78 is 4.57. The van der Waals surface area contributed by atoms with Crippen molar-refractivity contribution in [2.24, 2.45) is 0 Å². The molecule has 1 N–H and O–H groups in total. The first-order valence-corrected chi connectivity index (χ1v) is 1.83. The third kappa shape index (κ3) is 27.5. The molecule has 9 heavy (non-hydrogen) atoms. The normalized spacial score (nSPS) is 6.00. The molecule has 1 radical (unpaired) electrons. The van der Waals surface area contributed by atoms with E-state index in [1.807, 2.05) is 0 Å². The molecular formula is C6H17O2Y-. The van der Waals surface area contributed by atoms with Gasteiger partial charge in [0.1, 0.15) is 0 Å². The number of hydrogen-bond donors (Lipinski definition) is 1. The second-order valence-electron chi connectivity index (χ2n) is 0.927. The van der Waals surface area contributed by atoms with Crippen molar-refractivity contribution in [2.75, 3.05) is 20.3 Å². The topological polar surface area (TPSA) is 29.5 Å². The van der Waals surface area contributed by atoms with E-state index in [0.29, 0.717) is 6.61 Å². The monoisotopic (exact) mass is 210 g/mol. The maximum atomic E-state index is 8.06. The van der Waals surface area contributed by atoms with E-state index < -0.39 is 0 Å². The van der Waals surface area contributed by atoms with Gasteiger partial charge in [-0.2, -0.15) is 0 Å². The van der Waals surface area contributed by atoms with Gasteiger partial charge in [-0.25, -0.2) is 0 Å². The fourth-order valence-electron chi connectivity index (χ4n) is 0.171. The van der Waals surface area contributed by atoms with E-state index in [4.69, 9.17) is 5.11 Å². The zero-order chi connectivity index (χ0) is 4.83. The van der Waals surface area contributed by atoms with Crippen molar-refractivity contribution in [1.29, 1.82) is 0 Å². The van der Waals surface area contributed by atoms with E-state index in [2.05, 4.69) is 4.74 Å².